The maximum absolute atomic E-state index is 12.3. The predicted molar refractivity (Wildman–Crippen MR) is 81.4 cm³/mol. The molecule has 4 heteroatoms. The van der Waals surface area contributed by atoms with Crippen molar-refractivity contribution < 1.29 is 14.3 Å². The third kappa shape index (κ3) is 2.43. The number of hydrogen-bond acceptors (Lipinski definition) is 3. The van der Waals surface area contributed by atoms with E-state index in [1.165, 1.54) is 0 Å². The molecule has 2 heterocycles. The van der Waals surface area contributed by atoms with Crippen molar-refractivity contribution in [1.29, 1.82) is 0 Å². The fourth-order valence-corrected chi connectivity index (χ4v) is 3.36. The van der Waals surface area contributed by atoms with Gasteiger partial charge in [-0.3, -0.25) is 4.79 Å². The lowest BCUT2D eigenvalue weighted by Crippen LogP contribution is -2.27. The first-order valence-corrected chi connectivity index (χ1v) is 7.65. The van der Waals surface area contributed by atoms with Crippen molar-refractivity contribution in [3.8, 4) is 23.3 Å². The highest BCUT2D eigenvalue weighted by Gasteiger charge is 2.34. The Morgan fingerprint density at radius 3 is 2.59 bits per heavy atom. The largest absolute Gasteiger partial charge is 0.454 e. The summed E-state index contributed by atoms with van der Waals surface area (Å²) in [7, 11) is 0. The van der Waals surface area contributed by atoms with Gasteiger partial charge < -0.3 is 14.4 Å². The van der Waals surface area contributed by atoms with Crippen molar-refractivity contribution in [2.75, 3.05) is 19.9 Å². The van der Waals surface area contributed by atoms with Crippen LogP contribution in [0.4, 0.5) is 0 Å². The van der Waals surface area contributed by atoms with Gasteiger partial charge in [-0.05, 0) is 42.9 Å². The Morgan fingerprint density at radius 2 is 1.82 bits per heavy atom. The lowest BCUT2D eigenvalue weighted by Gasteiger charge is -2.17. The number of fused-ring (bicyclic) bond motifs is 2. The van der Waals surface area contributed by atoms with E-state index < -0.39 is 0 Å². The van der Waals surface area contributed by atoms with Gasteiger partial charge in [-0.15, -0.1) is 0 Å². The van der Waals surface area contributed by atoms with Crippen LogP contribution in [0.1, 0.15) is 18.4 Å². The Kier molecular flexibility index (Phi) is 3.27. The second-order valence-electron chi connectivity index (χ2n) is 5.99. The first-order chi connectivity index (χ1) is 10.8. The third-order valence-electron chi connectivity index (χ3n) is 4.59. The first kappa shape index (κ1) is 13.3. The molecule has 1 saturated heterocycles. The smallest absolute Gasteiger partial charge is 0.298 e. The third-order valence-corrected chi connectivity index (χ3v) is 4.59. The summed E-state index contributed by atoms with van der Waals surface area (Å²) in [6.07, 6.45) is 6.63. The molecule has 0 N–H and O–H groups in total. The van der Waals surface area contributed by atoms with Gasteiger partial charge in [0.05, 0.1) is 0 Å². The highest BCUT2D eigenvalue weighted by Crippen LogP contribution is 2.33. The monoisotopic (exact) mass is 295 g/mol. The van der Waals surface area contributed by atoms with Crippen LogP contribution in [-0.4, -0.2) is 30.7 Å². The van der Waals surface area contributed by atoms with E-state index in [0.717, 1.165) is 37.2 Å². The number of rotatable bonds is 0. The highest BCUT2D eigenvalue weighted by molar-refractivity contribution is 5.94. The van der Waals surface area contributed by atoms with Crippen molar-refractivity contribution in [1.82, 2.24) is 4.90 Å². The van der Waals surface area contributed by atoms with E-state index in [-0.39, 0.29) is 12.7 Å². The van der Waals surface area contributed by atoms with E-state index in [9.17, 15) is 4.79 Å². The van der Waals surface area contributed by atoms with Crippen molar-refractivity contribution in [3.05, 3.63) is 35.9 Å². The SMILES string of the molecule is O=C(C#Cc1ccc2c(c1)OCO2)N1CC2CC=CCC2C1. The minimum atomic E-state index is -0.0768. The minimum absolute atomic E-state index is 0.0768. The summed E-state index contributed by atoms with van der Waals surface area (Å²) >= 11 is 0. The Balaban J connectivity index is 1.45. The molecule has 3 aliphatic rings. The molecule has 2 atom stereocenters. The number of carbonyl (C=O) groups is 1. The number of allylic oxidation sites excluding steroid dienone is 2. The Hall–Kier alpha value is -2.41. The summed E-state index contributed by atoms with van der Waals surface area (Å²) in [5.74, 6) is 8.27. The fourth-order valence-electron chi connectivity index (χ4n) is 3.36. The molecule has 0 aromatic heterocycles. The average Bonchev–Trinajstić information content (AvgIpc) is 3.18. The van der Waals surface area contributed by atoms with E-state index in [4.69, 9.17) is 9.47 Å². The van der Waals surface area contributed by atoms with Crippen LogP contribution in [0.3, 0.4) is 0 Å². The number of benzene rings is 1. The Morgan fingerprint density at radius 1 is 1.09 bits per heavy atom. The molecule has 1 amide bonds. The van der Waals surface area contributed by atoms with Crippen LogP contribution >= 0.6 is 0 Å². The van der Waals surface area contributed by atoms with Crippen LogP contribution in [-0.2, 0) is 4.79 Å². The molecule has 1 fully saturated rings. The molecule has 112 valence electrons. The fraction of sp³-hybridized carbons (Fsp3) is 0.389. The normalized spacial score (nSPS) is 24.6. The summed E-state index contributed by atoms with van der Waals surface area (Å²) in [6, 6.07) is 5.49. The van der Waals surface area contributed by atoms with E-state index in [2.05, 4.69) is 24.0 Å². The molecule has 22 heavy (non-hydrogen) atoms. The first-order valence-electron chi connectivity index (χ1n) is 7.65. The van der Waals surface area contributed by atoms with Crippen LogP contribution in [0.15, 0.2) is 30.4 Å². The number of amides is 1. The van der Waals surface area contributed by atoms with Crippen molar-refractivity contribution in [2.24, 2.45) is 11.8 Å². The number of ether oxygens (including phenoxy) is 2. The van der Waals surface area contributed by atoms with Crippen LogP contribution < -0.4 is 9.47 Å². The zero-order chi connectivity index (χ0) is 14.9. The van der Waals surface area contributed by atoms with Gasteiger partial charge in [0.2, 0.25) is 6.79 Å². The standard InChI is InChI=1S/C18H17NO3/c20-18(19-10-14-3-1-2-4-15(14)11-19)8-6-13-5-7-16-17(9-13)22-12-21-16/h1-2,5,7,9,14-15H,3-4,10-12H2. The van der Waals surface area contributed by atoms with Gasteiger partial charge in [0.25, 0.3) is 5.91 Å². The van der Waals surface area contributed by atoms with Crippen LogP contribution in [0, 0.1) is 23.7 Å². The Bertz CT molecular complexity index is 682. The number of carbonyl (C=O) groups excluding carboxylic acids is 1. The molecule has 1 aromatic rings. The number of likely N-dealkylation sites (tertiary alicyclic amines) is 1. The maximum Gasteiger partial charge on any atom is 0.298 e. The van der Waals surface area contributed by atoms with Crippen LogP contribution in [0.25, 0.3) is 0 Å². The van der Waals surface area contributed by atoms with Gasteiger partial charge >= 0.3 is 0 Å². The predicted octanol–water partition coefficient (Wildman–Crippen LogP) is 2.19. The van der Waals surface area contributed by atoms with E-state index >= 15 is 0 Å². The Labute approximate surface area is 129 Å². The zero-order valence-corrected chi connectivity index (χ0v) is 12.2. The molecule has 0 radical (unpaired) electrons. The maximum atomic E-state index is 12.3. The van der Waals surface area contributed by atoms with Gasteiger partial charge in [-0.1, -0.05) is 18.1 Å². The molecule has 0 bridgehead atoms. The van der Waals surface area contributed by atoms with E-state index in [1.54, 1.807) is 0 Å². The van der Waals surface area contributed by atoms with Gasteiger partial charge in [0.15, 0.2) is 11.5 Å². The molecule has 1 aromatic carbocycles. The topological polar surface area (TPSA) is 38.8 Å². The van der Waals surface area contributed by atoms with E-state index in [0.29, 0.717) is 17.6 Å². The summed E-state index contributed by atoms with van der Waals surface area (Å²) in [4.78, 5) is 14.2. The second kappa shape index (κ2) is 5.42. The number of hydrogen-bond donors (Lipinski definition) is 0. The van der Waals surface area contributed by atoms with Crippen molar-refractivity contribution in [2.45, 2.75) is 12.8 Å². The molecule has 0 saturated carbocycles. The van der Waals surface area contributed by atoms with Gasteiger partial charge in [-0.2, -0.15) is 0 Å². The molecule has 4 rings (SSSR count). The summed E-state index contributed by atoms with van der Waals surface area (Å²) in [5, 5.41) is 0. The molecular weight excluding hydrogens is 278 g/mol. The van der Waals surface area contributed by atoms with Crippen molar-refractivity contribution >= 4 is 5.91 Å². The molecular formula is C18H17NO3. The van der Waals surface area contributed by atoms with E-state index in [1.807, 2.05) is 23.1 Å². The number of nitrogens with zero attached hydrogens (tertiary/aromatic N) is 1. The summed E-state index contributed by atoms with van der Waals surface area (Å²) in [6.45, 7) is 1.92. The molecule has 2 unspecified atom stereocenters. The molecule has 1 aliphatic carbocycles. The lowest BCUT2D eigenvalue weighted by atomic mass is 9.86. The molecule has 2 aliphatic heterocycles. The molecule has 0 spiro atoms. The summed E-state index contributed by atoms with van der Waals surface area (Å²) < 4.78 is 10.6. The summed E-state index contributed by atoms with van der Waals surface area (Å²) in [5.41, 5.74) is 0.774. The van der Waals surface area contributed by atoms with Crippen molar-refractivity contribution in [3.63, 3.8) is 0 Å². The quantitative estimate of drug-likeness (QED) is 0.544. The lowest BCUT2D eigenvalue weighted by molar-refractivity contribution is -0.124. The molecule has 4 nitrogen and oxygen atoms in total. The highest BCUT2D eigenvalue weighted by atomic mass is 16.7. The average molecular weight is 295 g/mol. The van der Waals surface area contributed by atoms with Gasteiger partial charge in [0, 0.05) is 24.6 Å². The van der Waals surface area contributed by atoms with Gasteiger partial charge in [0.1, 0.15) is 0 Å². The minimum Gasteiger partial charge on any atom is -0.454 e. The van der Waals surface area contributed by atoms with Crippen LogP contribution in [0.2, 0.25) is 0 Å². The second-order valence-corrected chi connectivity index (χ2v) is 5.99. The van der Waals surface area contributed by atoms with Gasteiger partial charge in [-0.25, -0.2) is 0 Å². The van der Waals surface area contributed by atoms with Crippen LogP contribution in [0.5, 0.6) is 11.5 Å². The zero-order valence-electron chi connectivity index (χ0n) is 12.2.